The lowest BCUT2D eigenvalue weighted by molar-refractivity contribution is -0.122. The average Bonchev–Trinajstić information content (AvgIpc) is 2.56. The summed E-state index contributed by atoms with van der Waals surface area (Å²) < 4.78 is 30.3. The van der Waals surface area contributed by atoms with Crippen molar-refractivity contribution >= 4 is 22.3 Å². The van der Waals surface area contributed by atoms with Gasteiger partial charge in [-0.1, -0.05) is 33.8 Å². The summed E-state index contributed by atoms with van der Waals surface area (Å²) in [5.74, 6) is -0.0183. The lowest BCUT2D eigenvalue weighted by Crippen LogP contribution is -2.38. The van der Waals surface area contributed by atoms with Crippen LogP contribution in [0.4, 0.5) is 0 Å². The number of hydrogen-bond acceptors (Lipinski definition) is 6. The molecule has 0 aliphatic rings. The van der Waals surface area contributed by atoms with Crippen molar-refractivity contribution < 1.29 is 27.4 Å². The van der Waals surface area contributed by atoms with E-state index in [1.54, 1.807) is 0 Å². The first-order valence-electron chi connectivity index (χ1n) is 9.98. The van der Waals surface area contributed by atoms with E-state index in [0.717, 1.165) is 23.0 Å². The van der Waals surface area contributed by atoms with Crippen LogP contribution in [0.2, 0.25) is 0 Å². The molecule has 3 N–H and O–H groups in total. The van der Waals surface area contributed by atoms with Crippen LogP contribution in [-0.2, 0) is 25.1 Å². The lowest BCUT2D eigenvalue weighted by Gasteiger charge is -2.30. The van der Waals surface area contributed by atoms with Crippen LogP contribution in [0.1, 0.15) is 57.2 Å². The molecule has 0 fully saturated rings. The highest BCUT2D eigenvalue weighted by molar-refractivity contribution is 7.85. The highest BCUT2D eigenvalue weighted by Gasteiger charge is 2.30. The number of carbonyl (C=O) groups is 2. The highest BCUT2D eigenvalue weighted by Crippen LogP contribution is 2.37. The van der Waals surface area contributed by atoms with Crippen molar-refractivity contribution in [2.45, 2.75) is 65.8 Å². The predicted molar refractivity (Wildman–Crippen MR) is 116 cm³/mol. The van der Waals surface area contributed by atoms with Gasteiger partial charge in [-0.15, -0.1) is 5.48 Å². The molecule has 0 aromatic heterocycles. The summed E-state index contributed by atoms with van der Waals surface area (Å²) in [6.45, 7) is 11.7. The van der Waals surface area contributed by atoms with Gasteiger partial charge >= 0.3 is 0 Å². The summed E-state index contributed by atoms with van der Waals surface area (Å²) >= 11 is 0. The Morgan fingerprint density at radius 1 is 1.27 bits per heavy atom. The van der Waals surface area contributed by atoms with Gasteiger partial charge in [-0.2, -0.15) is 8.42 Å². The number of aldehydes is 1. The van der Waals surface area contributed by atoms with Crippen molar-refractivity contribution in [3.8, 4) is 5.75 Å². The molecule has 8 nitrogen and oxygen atoms in total. The van der Waals surface area contributed by atoms with E-state index >= 15 is 0 Å². The fourth-order valence-electron chi connectivity index (χ4n) is 3.36. The average molecular weight is 443 g/mol. The standard InChI is InChI=1S/C21H34N2O6S/c1-14(2)17(13-24)23-29-18-11-15(3)10-16(4)20(18)21(5,6)12-19(25)22-8-7-9-30(26,27)28/h10-11,13-14,17,23H,7-9,12H2,1-6H3,(H,22,25)(H,26,27,28)/t17-/m1/s1. The quantitative estimate of drug-likeness (QED) is 0.197. The molecule has 0 heterocycles. The molecule has 9 heteroatoms. The van der Waals surface area contributed by atoms with Gasteiger partial charge in [-0.25, -0.2) is 0 Å². The number of nitrogens with one attached hydrogen (secondary N) is 2. The van der Waals surface area contributed by atoms with Crippen LogP contribution in [0, 0.1) is 19.8 Å². The first-order valence-corrected chi connectivity index (χ1v) is 11.6. The van der Waals surface area contributed by atoms with E-state index in [0.29, 0.717) is 5.75 Å². The molecular formula is C21H34N2O6S. The zero-order chi connectivity index (χ0) is 23.1. The third kappa shape index (κ3) is 8.41. The van der Waals surface area contributed by atoms with Crippen LogP contribution in [0.3, 0.4) is 0 Å². The number of aryl methyl sites for hydroxylation is 2. The van der Waals surface area contributed by atoms with Crippen molar-refractivity contribution in [3.05, 3.63) is 28.8 Å². The summed E-state index contributed by atoms with van der Waals surface area (Å²) in [5.41, 5.74) is 5.03. The minimum absolute atomic E-state index is 0.0541. The van der Waals surface area contributed by atoms with E-state index in [1.165, 1.54) is 0 Å². The zero-order valence-corrected chi connectivity index (χ0v) is 19.4. The SMILES string of the molecule is Cc1cc(C)c(C(C)(C)CC(=O)NCCCS(=O)(=O)O)c(ON[C@H](C=O)C(C)C)c1. The Balaban J connectivity index is 2.95. The van der Waals surface area contributed by atoms with E-state index in [9.17, 15) is 18.0 Å². The Kier molecular flexibility index (Phi) is 9.45. The summed E-state index contributed by atoms with van der Waals surface area (Å²) in [7, 11) is -4.04. The topological polar surface area (TPSA) is 122 Å². The number of amides is 1. The Labute approximate surface area is 179 Å². The summed E-state index contributed by atoms with van der Waals surface area (Å²) in [5, 5.41) is 2.69. The second-order valence-corrected chi connectivity index (χ2v) is 10.2. The Morgan fingerprint density at radius 3 is 2.43 bits per heavy atom. The normalized spacial score (nSPS) is 13.2. The van der Waals surface area contributed by atoms with Gasteiger partial charge in [0.15, 0.2) is 5.75 Å². The van der Waals surface area contributed by atoms with Gasteiger partial charge in [-0.3, -0.25) is 9.35 Å². The van der Waals surface area contributed by atoms with Crippen molar-refractivity contribution in [1.82, 2.24) is 10.8 Å². The van der Waals surface area contributed by atoms with E-state index in [4.69, 9.17) is 9.39 Å². The van der Waals surface area contributed by atoms with Gasteiger partial charge in [0.2, 0.25) is 5.91 Å². The number of hydroxylamine groups is 1. The molecule has 0 saturated heterocycles. The summed E-state index contributed by atoms with van der Waals surface area (Å²) in [4.78, 5) is 29.5. The van der Waals surface area contributed by atoms with Crippen LogP contribution < -0.4 is 15.6 Å². The zero-order valence-electron chi connectivity index (χ0n) is 18.6. The third-order valence-corrected chi connectivity index (χ3v) is 5.60. The molecule has 1 aromatic rings. The number of carbonyl (C=O) groups excluding carboxylic acids is 2. The number of benzene rings is 1. The predicted octanol–water partition coefficient (Wildman–Crippen LogP) is 2.47. The smallest absolute Gasteiger partial charge is 0.264 e. The van der Waals surface area contributed by atoms with E-state index in [1.807, 2.05) is 53.7 Å². The molecule has 30 heavy (non-hydrogen) atoms. The van der Waals surface area contributed by atoms with Gasteiger partial charge in [0.05, 0.1) is 5.75 Å². The molecule has 0 radical (unpaired) electrons. The molecule has 1 rings (SSSR count). The fourth-order valence-corrected chi connectivity index (χ4v) is 3.87. The molecule has 170 valence electrons. The molecule has 1 amide bonds. The molecule has 0 aliphatic carbocycles. The van der Waals surface area contributed by atoms with Crippen molar-refractivity contribution in [2.75, 3.05) is 12.3 Å². The summed E-state index contributed by atoms with van der Waals surface area (Å²) in [6, 6.07) is 3.41. The molecule has 1 atom stereocenters. The lowest BCUT2D eigenvalue weighted by atomic mass is 9.78. The van der Waals surface area contributed by atoms with Gasteiger partial charge in [0.1, 0.15) is 12.3 Å². The van der Waals surface area contributed by atoms with Crippen molar-refractivity contribution in [3.63, 3.8) is 0 Å². The molecule has 0 unspecified atom stereocenters. The van der Waals surface area contributed by atoms with Crippen LogP contribution in [-0.4, -0.2) is 43.5 Å². The first-order chi connectivity index (χ1) is 13.8. The van der Waals surface area contributed by atoms with Crippen LogP contribution in [0.15, 0.2) is 12.1 Å². The van der Waals surface area contributed by atoms with Gasteiger partial charge in [0, 0.05) is 23.9 Å². The second kappa shape index (κ2) is 10.9. The maximum Gasteiger partial charge on any atom is 0.264 e. The van der Waals surface area contributed by atoms with E-state index in [-0.39, 0.29) is 31.2 Å². The molecule has 0 saturated carbocycles. The number of hydrogen-bond donors (Lipinski definition) is 3. The number of rotatable bonds is 12. The largest absolute Gasteiger partial charge is 0.408 e. The first kappa shape index (κ1) is 26.1. The van der Waals surface area contributed by atoms with Gasteiger partial charge in [-0.05, 0) is 43.4 Å². The van der Waals surface area contributed by atoms with Gasteiger partial charge < -0.3 is 14.9 Å². The Morgan fingerprint density at radius 2 is 1.90 bits per heavy atom. The third-order valence-electron chi connectivity index (χ3n) is 4.79. The molecule has 0 bridgehead atoms. The molecular weight excluding hydrogens is 408 g/mol. The fraction of sp³-hybridized carbons (Fsp3) is 0.619. The maximum atomic E-state index is 12.4. The van der Waals surface area contributed by atoms with Crippen molar-refractivity contribution in [2.24, 2.45) is 5.92 Å². The van der Waals surface area contributed by atoms with Crippen LogP contribution in [0.5, 0.6) is 5.75 Å². The van der Waals surface area contributed by atoms with E-state index < -0.39 is 27.3 Å². The minimum Gasteiger partial charge on any atom is -0.408 e. The monoisotopic (exact) mass is 442 g/mol. The van der Waals surface area contributed by atoms with Crippen LogP contribution >= 0.6 is 0 Å². The molecule has 0 spiro atoms. The molecule has 1 aromatic carbocycles. The summed E-state index contributed by atoms with van der Waals surface area (Å²) in [6.07, 6.45) is 1.09. The van der Waals surface area contributed by atoms with Gasteiger partial charge in [0.25, 0.3) is 10.1 Å². The van der Waals surface area contributed by atoms with Crippen LogP contribution in [0.25, 0.3) is 0 Å². The maximum absolute atomic E-state index is 12.4. The highest BCUT2D eigenvalue weighted by atomic mass is 32.2. The second-order valence-electron chi connectivity index (χ2n) is 8.63. The minimum atomic E-state index is -4.04. The Bertz CT molecular complexity index is 849. The van der Waals surface area contributed by atoms with Crippen molar-refractivity contribution in [1.29, 1.82) is 0 Å². The van der Waals surface area contributed by atoms with E-state index in [2.05, 4.69) is 10.8 Å². The molecule has 0 aliphatic heterocycles. The Hall–Kier alpha value is -1.97.